The molecule has 3 fully saturated rings. The van der Waals surface area contributed by atoms with Crippen LogP contribution in [0.3, 0.4) is 0 Å². The molecule has 1 aliphatic heterocycles. The molecular formula is C27H38F2O. The predicted octanol–water partition coefficient (Wildman–Crippen LogP) is 7.72. The average molecular weight is 417 g/mol. The minimum Gasteiger partial charge on any atom is -0.374 e. The Morgan fingerprint density at radius 1 is 0.767 bits per heavy atom. The minimum atomic E-state index is -0.656. The zero-order valence-corrected chi connectivity index (χ0v) is 18.7. The third-order valence-corrected chi connectivity index (χ3v) is 8.42. The first-order chi connectivity index (χ1) is 14.6. The molecule has 1 heterocycles. The maximum absolute atomic E-state index is 14.4. The molecule has 1 unspecified atom stereocenters. The van der Waals surface area contributed by atoms with E-state index in [-0.39, 0.29) is 5.92 Å². The number of hydrogen-bond acceptors (Lipinski definition) is 1. The van der Waals surface area contributed by atoms with Crippen LogP contribution in [0.5, 0.6) is 0 Å². The molecule has 0 spiro atoms. The van der Waals surface area contributed by atoms with E-state index in [1.54, 1.807) is 13.0 Å². The van der Waals surface area contributed by atoms with Gasteiger partial charge in [-0.05, 0) is 119 Å². The highest BCUT2D eigenvalue weighted by Gasteiger charge is 2.35. The number of benzene rings is 1. The summed E-state index contributed by atoms with van der Waals surface area (Å²) in [4.78, 5) is 0. The van der Waals surface area contributed by atoms with Crippen LogP contribution in [-0.2, 0) is 4.74 Å². The van der Waals surface area contributed by atoms with Gasteiger partial charge in [0, 0.05) is 0 Å². The zero-order valence-electron chi connectivity index (χ0n) is 18.7. The SMILES string of the molecule is C/C=C/C1CC[C@@H](C2CCC(C3CCC(c4ccc(C)c(F)c4F)CC3)CC2)CO1. The van der Waals surface area contributed by atoms with Crippen molar-refractivity contribution in [3.8, 4) is 0 Å². The Labute approximate surface area is 181 Å². The van der Waals surface area contributed by atoms with Gasteiger partial charge >= 0.3 is 0 Å². The standard InChI is InChI=1S/C27H38F2O/c1-3-4-24-15-14-23(17-30-24)21-8-6-19(7-9-21)20-10-12-22(13-11-20)25-16-5-18(2)26(28)27(25)29/h3-5,16,19-24H,6-15,17H2,1-2H3/b4-3+/t19?,20?,21?,22?,23-,24?/m1/s1. The molecule has 1 nitrogen and oxygen atoms in total. The summed E-state index contributed by atoms with van der Waals surface area (Å²) >= 11 is 0. The summed E-state index contributed by atoms with van der Waals surface area (Å²) < 4.78 is 34.4. The second-order valence-corrected chi connectivity index (χ2v) is 10.1. The molecule has 1 saturated heterocycles. The van der Waals surface area contributed by atoms with Gasteiger partial charge in [-0.15, -0.1) is 0 Å². The van der Waals surface area contributed by atoms with Crippen LogP contribution in [0.1, 0.15) is 88.2 Å². The van der Waals surface area contributed by atoms with E-state index in [0.29, 0.717) is 17.2 Å². The molecule has 3 aliphatic rings. The Hall–Kier alpha value is -1.22. The zero-order chi connectivity index (χ0) is 21.1. The molecular weight excluding hydrogens is 378 g/mol. The quantitative estimate of drug-likeness (QED) is 0.456. The van der Waals surface area contributed by atoms with E-state index in [0.717, 1.165) is 43.1 Å². The van der Waals surface area contributed by atoms with Gasteiger partial charge in [-0.3, -0.25) is 0 Å². The first kappa shape index (κ1) is 22.0. The van der Waals surface area contributed by atoms with Crippen molar-refractivity contribution < 1.29 is 13.5 Å². The fraction of sp³-hybridized carbons (Fsp3) is 0.704. The molecule has 0 radical (unpaired) electrons. The highest BCUT2D eigenvalue weighted by molar-refractivity contribution is 5.28. The van der Waals surface area contributed by atoms with E-state index in [1.165, 1.54) is 51.4 Å². The monoisotopic (exact) mass is 416 g/mol. The van der Waals surface area contributed by atoms with E-state index in [1.807, 2.05) is 6.07 Å². The van der Waals surface area contributed by atoms with E-state index in [2.05, 4.69) is 19.1 Å². The molecule has 2 atom stereocenters. The van der Waals surface area contributed by atoms with Gasteiger partial charge in [0.15, 0.2) is 11.6 Å². The summed E-state index contributed by atoms with van der Waals surface area (Å²) in [6.07, 6.45) is 16.9. The number of rotatable bonds is 4. The van der Waals surface area contributed by atoms with Crippen LogP contribution in [0.2, 0.25) is 0 Å². The van der Waals surface area contributed by atoms with E-state index >= 15 is 0 Å². The van der Waals surface area contributed by atoms with Crippen LogP contribution in [0.4, 0.5) is 8.78 Å². The molecule has 1 aromatic rings. The van der Waals surface area contributed by atoms with Crippen LogP contribution >= 0.6 is 0 Å². The van der Waals surface area contributed by atoms with Crippen molar-refractivity contribution in [1.82, 2.24) is 0 Å². The smallest absolute Gasteiger partial charge is 0.162 e. The molecule has 166 valence electrons. The van der Waals surface area contributed by atoms with Crippen LogP contribution in [-0.4, -0.2) is 12.7 Å². The maximum atomic E-state index is 14.4. The minimum absolute atomic E-state index is 0.192. The summed E-state index contributed by atoms with van der Waals surface area (Å²) in [5, 5.41) is 0. The summed E-state index contributed by atoms with van der Waals surface area (Å²) in [5.41, 5.74) is 1.01. The lowest BCUT2D eigenvalue weighted by molar-refractivity contribution is -0.0190. The molecule has 2 aliphatic carbocycles. The highest BCUT2D eigenvalue weighted by Crippen LogP contribution is 2.46. The Balaban J connectivity index is 1.24. The van der Waals surface area contributed by atoms with Crippen molar-refractivity contribution in [1.29, 1.82) is 0 Å². The Morgan fingerprint density at radius 2 is 1.33 bits per heavy atom. The third kappa shape index (κ3) is 4.82. The fourth-order valence-electron chi connectivity index (χ4n) is 6.50. The molecule has 30 heavy (non-hydrogen) atoms. The van der Waals surface area contributed by atoms with Crippen molar-refractivity contribution in [2.24, 2.45) is 23.7 Å². The van der Waals surface area contributed by atoms with Gasteiger partial charge in [-0.2, -0.15) is 0 Å². The summed E-state index contributed by atoms with van der Waals surface area (Å²) in [6.45, 7) is 4.64. The first-order valence-electron chi connectivity index (χ1n) is 12.3. The van der Waals surface area contributed by atoms with Gasteiger partial charge in [0.05, 0.1) is 12.7 Å². The molecule has 0 amide bonds. The van der Waals surface area contributed by atoms with Gasteiger partial charge in [0.2, 0.25) is 0 Å². The summed E-state index contributed by atoms with van der Waals surface area (Å²) in [6, 6.07) is 3.55. The topological polar surface area (TPSA) is 9.23 Å². The Morgan fingerprint density at radius 3 is 1.90 bits per heavy atom. The lowest BCUT2D eigenvalue weighted by Crippen LogP contribution is -2.33. The molecule has 1 aromatic carbocycles. The molecule has 0 N–H and O–H groups in total. The fourth-order valence-corrected chi connectivity index (χ4v) is 6.50. The lowest BCUT2D eigenvalue weighted by Gasteiger charge is -2.41. The Kier molecular flexibility index (Phi) is 7.28. The number of allylic oxidation sites excluding steroid dienone is 1. The van der Waals surface area contributed by atoms with Gasteiger partial charge in [0.25, 0.3) is 0 Å². The lowest BCUT2D eigenvalue weighted by atomic mass is 9.66. The molecule has 0 bridgehead atoms. The number of hydrogen-bond donors (Lipinski definition) is 0. The average Bonchev–Trinajstić information content (AvgIpc) is 2.79. The van der Waals surface area contributed by atoms with Crippen LogP contribution in [0, 0.1) is 42.2 Å². The molecule has 0 aromatic heterocycles. The number of ether oxygens (including phenoxy) is 1. The maximum Gasteiger partial charge on any atom is 0.162 e. The molecule has 4 rings (SSSR count). The summed E-state index contributed by atoms with van der Waals surface area (Å²) in [5.74, 6) is 2.14. The van der Waals surface area contributed by atoms with Crippen molar-refractivity contribution in [2.45, 2.75) is 90.1 Å². The molecule has 2 saturated carbocycles. The van der Waals surface area contributed by atoms with Gasteiger partial charge in [0.1, 0.15) is 0 Å². The Bertz CT molecular complexity index is 719. The van der Waals surface area contributed by atoms with Gasteiger partial charge in [-0.1, -0.05) is 24.3 Å². The van der Waals surface area contributed by atoms with Crippen LogP contribution < -0.4 is 0 Å². The second kappa shape index (κ2) is 9.94. The van der Waals surface area contributed by atoms with Crippen molar-refractivity contribution in [3.63, 3.8) is 0 Å². The first-order valence-corrected chi connectivity index (χ1v) is 12.3. The van der Waals surface area contributed by atoms with Gasteiger partial charge < -0.3 is 4.74 Å². The van der Waals surface area contributed by atoms with Crippen molar-refractivity contribution in [3.05, 3.63) is 47.0 Å². The molecule has 3 heteroatoms. The normalized spacial score (nSPS) is 35.6. The number of aryl methyl sites for hydroxylation is 1. The van der Waals surface area contributed by atoms with E-state index in [9.17, 15) is 8.78 Å². The number of halogens is 2. The van der Waals surface area contributed by atoms with Crippen LogP contribution in [0.15, 0.2) is 24.3 Å². The summed E-state index contributed by atoms with van der Waals surface area (Å²) in [7, 11) is 0. The van der Waals surface area contributed by atoms with Crippen molar-refractivity contribution >= 4 is 0 Å². The third-order valence-electron chi connectivity index (χ3n) is 8.42. The van der Waals surface area contributed by atoms with E-state index < -0.39 is 11.6 Å². The van der Waals surface area contributed by atoms with Gasteiger partial charge in [-0.25, -0.2) is 8.78 Å². The highest BCUT2D eigenvalue weighted by atomic mass is 19.2. The van der Waals surface area contributed by atoms with Crippen LogP contribution in [0.25, 0.3) is 0 Å². The van der Waals surface area contributed by atoms with Crippen molar-refractivity contribution in [2.75, 3.05) is 6.61 Å². The predicted molar refractivity (Wildman–Crippen MR) is 119 cm³/mol. The van der Waals surface area contributed by atoms with E-state index in [4.69, 9.17) is 4.74 Å². The second-order valence-electron chi connectivity index (χ2n) is 10.1. The largest absolute Gasteiger partial charge is 0.374 e.